The second-order valence-electron chi connectivity index (χ2n) is 3.38. The molecule has 2 rings (SSSR count). The summed E-state index contributed by atoms with van der Waals surface area (Å²) in [6.45, 7) is 1.85. The van der Waals surface area contributed by atoms with Crippen molar-refractivity contribution in [1.29, 1.82) is 0 Å². The van der Waals surface area contributed by atoms with Gasteiger partial charge in [0.05, 0.1) is 11.8 Å². The zero-order chi connectivity index (χ0) is 11.5. The van der Waals surface area contributed by atoms with Crippen LogP contribution in [0.3, 0.4) is 0 Å². The Kier molecular flexibility index (Phi) is 2.97. The minimum absolute atomic E-state index is 0.209. The number of carbonyl (C=O) groups is 1. The van der Waals surface area contributed by atoms with Crippen LogP contribution in [-0.2, 0) is 0 Å². The van der Waals surface area contributed by atoms with E-state index in [1.54, 1.807) is 24.3 Å². The van der Waals surface area contributed by atoms with Crippen LogP contribution >= 0.6 is 11.6 Å². The molecule has 0 saturated heterocycles. The fraction of sp³-hybridized carbons (Fsp3) is 0.0833. The molecule has 1 heterocycles. The van der Waals surface area contributed by atoms with Crippen LogP contribution in [0.2, 0.25) is 5.02 Å². The average Bonchev–Trinajstić information content (AvgIpc) is 2.78. The lowest BCUT2D eigenvalue weighted by Gasteiger charge is -2.08. The molecule has 0 aliphatic heterocycles. The van der Waals surface area contributed by atoms with Gasteiger partial charge in [0.15, 0.2) is 0 Å². The largest absolute Gasteiger partial charge is 0.472 e. The molecular weight excluding hydrogens is 226 g/mol. The van der Waals surface area contributed by atoms with Crippen molar-refractivity contribution in [1.82, 2.24) is 0 Å². The molecule has 1 aromatic carbocycles. The molecule has 3 nitrogen and oxygen atoms in total. The average molecular weight is 236 g/mol. The van der Waals surface area contributed by atoms with Crippen molar-refractivity contribution < 1.29 is 9.21 Å². The Labute approximate surface area is 98.0 Å². The van der Waals surface area contributed by atoms with Gasteiger partial charge in [0.1, 0.15) is 6.26 Å². The van der Waals surface area contributed by atoms with Crippen LogP contribution in [0.5, 0.6) is 0 Å². The topological polar surface area (TPSA) is 42.2 Å². The van der Waals surface area contributed by atoms with Crippen molar-refractivity contribution in [2.45, 2.75) is 6.92 Å². The molecule has 1 amide bonds. The molecule has 0 aliphatic carbocycles. The van der Waals surface area contributed by atoms with Crippen molar-refractivity contribution in [2.24, 2.45) is 0 Å². The fourth-order valence-electron chi connectivity index (χ4n) is 1.33. The summed E-state index contributed by atoms with van der Waals surface area (Å²) in [5, 5.41) is 3.40. The lowest BCUT2D eigenvalue weighted by Crippen LogP contribution is -2.11. The molecule has 0 unspecified atom stereocenters. The van der Waals surface area contributed by atoms with E-state index < -0.39 is 0 Å². The quantitative estimate of drug-likeness (QED) is 0.866. The Morgan fingerprint density at radius 2 is 2.19 bits per heavy atom. The van der Waals surface area contributed by atoms with E-state index in [2.05, 4.69) is 5.32 Å². The zero-order valence-electron chi connectivity index (χ0n) is 8.66. The third kappa shape index (κ3) is 2.09. The zero-order valence-corrected chi connectivity index (χ0v) is 9.41. The van der Waals surface area contributed by atoms with Crippen molar-refractivity contribution in [3.63, 3.8) is 0 Å². The summed E-state index contributed by atoms with van der Waals surface area (Å²) in [5.74, 6) is -0.209. The van der Waals surface area contributed by atoms with Crippen molar-refractivity contribution in [3.8, 4) is 0 Å². The van der Waals surface area contributed by atoms with Crippen LogP contribution in [0.15, 0.2) is 41.2 Å². The number of benzene rings is 1. The summed E-state index contributed by atoms with van der Waals surface area (Å²) in [5.41, 5.74) is 2.04. The van der Waals surface area contributed by atoms with Crippen LogP contribution in [0.25, 0.3) is 0 Å². The third-order valence-corrected chi connectivity index (χ3v) is 2.71. The Hall–Kier alpha value is -1.74. The second-order valence-corrected chi connectivity index (χ2v) is 3.79. The van der Waals surface area contributed by atoms with Gasteiger partial charge in [0.25, 0.3) is 5.91 Å². The van der Waals surface area contributed by atoms with Crippen LogP contribution < -0.4 is 5.32 Å². The molecule has 0 saturated carbocycles. The number of nitrogens with one attached hydrogen (secondary N) is 1. The highest BCUT2D eigenvalue weighted by molar-refractivity contribution is 6.31. The van der Waals surface area contributed by atoms with Crippen molar-refractivity contribution in [2.75, 3.05) is 5.32 Å². The standard InChI is InChI=1S/C12H10ClNO2/c1-8-10(13)3-2-4-11(8)14-12(15)9-5-6-16-7-9/h2-7H,1H3,(H,14,15). The van der Waals surface area contributed by atoms with E-state index in [1.165, 1.54) is 12.5 Å². The van der Waals surface area contributed by atoms with Gasteiger partial charge >= 0.3 is 0 Å². The van der Waals surface area contributed by atoms with E-state index in [0.29, 0.717) is 16.3 Å². The minimum Gasteiger partial charge on any atom is -0.472 e. The highest BCUT2D eigenvalue weighted by Gasteiger charge is 2.09. The summed E-state index contributed by atoms with van der Waals surface area (Å²) in [6, 6.07) is 6.99. The normalized spacial score (nSPS) is 10.1. The van der Waals surface area contributed by atoms with Gasteiger partial charge in [-0.25, -0.2) is 0 Å². The van der Waals surface area contributed by atoms with E-state index in [-0.39, 0.29) is 5.91 Å². The van der Waals surface area contributed by atoms with Crippen molar-refractivity contribution in [3.05, 3.63) is 52.9 Å². The molecule has 0 atom stereocenters. The molecule has 16 heavy (non-hydrogen) atoms. The monoisotopic (exact) mass is 235 g/mol. The fourth-order valence-corrected chi connectivity index (χ4v) is 1.51. The first kappa shape index (κ1) is 10.8. The third-order valence-electron chi connectivity index (χ3n) is 2.30. The maximum Gasteiger partial charge on any atom is 0.258 e. The minimum atomic E-state index is -0.209. The van der Waals surface area contributed by atoms with Gasteiger partial charge in [0.2, 0.25) is 0 Å². The van der Waals surface area contributed by atoms with E-state index in [0.717, 1.165) is 5.56 Å². The van der Waals surface area contributed by atoms with E-state index in [1.807, 2.05) is 6.92 Å². The molecule has 0 bridgehead atoms. The highest BCUT2D eigenvalue weighted by atomic mass is 35.5. The molecule has 0 radical (unpaired) electrons. The van der Waals surface area contributed by atoms with Crippen LogP contribution in [0.1, 0.15) is 15.9 Å². The summed E-state index contributed by atoms with van der Waals surface area (Å²) in [4.78, 5) is 11.7. The van der Waals surface area contributed by atoms with Gasteiger partial charge in [0, 0.05) is 10.7 Å². The van der Waals surface area contributed by atoms with Gasteiger partial charge in [-0.05, 0) is 30.7 Å². The Morgan fingerprint density at radius 3 is 2.88 bits per heavy atom. The van der Waals surface area contributed by atoms with Crippen LogP contribution in [0, 0.1) is 6.92 Å². The summed E-state index contributed by atoms with van der Waals surface area (Å²) < 4.78 is 4.84. The number of carbonyl (C=O) groups excluding carboxylic acids is 1. The molecule has 0 fully saturated rings. The maximum atomic E-state index is 11.7. The van der Waals surface area contributed by atoms with Gasteiger partial charge in [-0.1, -0.05) is 17.7 Å². The predicted octanol–water partition coefficient (Wildman–Crippen LogP) is 3.49. The number of amides is 1. The first-order valence-electron chi connectivity index (χ1n) is 4.77. The smallest absolute Gasteiger partial charge is 0.258 e. The molecule has 0 spiro atoms. The first-order valence-corrected chi connectivity index (χ1v) is 5.15. The van der Waals surface area contributed by atoms with Gasteiger partial charge < -0.3 is 9.73 Å². The molecule has 0 aliphatic rings. The second kappa shape index (κ2) is 4.41. The first-order chi connectivity index (χ1) is 7.68. The maximum absolute atomic E-state index is 11.7. The number of rotatable bonds is 2. The Bertz CT molecular complexity index is 506. The summed E-state index contributed by atoms with van der Waals surface area (Å²) >= 11 is 5.95. The number of hydrogen-bond acceptors (Lipinski definition) is 2. The van der Waals surface area contributed by atoms with E-state index in [9.17, 15) is 4.79 Å². The lowest BCUT2D eigenvalue weighted by molar-refractivity contribution is 0.102. The number of halogens is 1. The molecular formula is C12H10ClNO2. The van der Waals surface area contributed by atoms with E-state index in [4.69, 9.17) is 16.0 Å². The van der Waals surface area contributed by atoms with Crippen molar-refractivity contribution >= 4 is 23.2 Å². The highest BCUT2D eigenvalue weighted by Crippen LogP contribution is 2.23. The lowest BCUT2D eigenvalue weighted by atomic mass is 10.2. The molecule has 1 aromatic heterocycles. The molecule has 82 valence electrons. The summed E-state index contributed by atoms with van der Waals surface area (Å²) in [6.07, 6.45) is 2.86. The molecule has 2 aromatic rings. The predicted molar refractivity (Wildman–Crippen MR) is 62.9 cm³/mol. The van der Waals surface area contributed by atoms with Gasteiger partial charge in [-0.15, -0.1) is 0 Å². The van der Waals surface area contributed by atoms with E-state index >= 15 is 0 Å². The number of furan rings is 1. The SMILES string of the molecule is Cc1c(Cl)cccc1NC(=O)c1ccoc1. The number of hydrogen-bond donors (Lipinski definition) is 1. The van der Waals surface area contributed by atoms with Crippen LogP contribution in [0.4, 0.5) is 5.69 Å². The Morgan fingerprint density at radius 1 is 1.38 bits per heavy atom. The van der Waals surface area contributed by atoms with Crippen LogP contribution in [-0.4, -0.2) is 5.91 Å². The number of anilines is 1. The van der Waals surface area contributed by atoms with Gasteiger partial charge in [-0.2, -0.15) is 0 Å². The Balaban J connectivity index is 2.22. The van der Waals surface area contributed by atoms with Gasteiger partial charge in [-0.3, -0.25) is 4.79 Å². The molecule has 1 N–H and O–H groups in total. The summed E-state index contributed by atoms with van der Waals surface area (Å²) in [7, 11) is 0. The molecule has 4 heteroatoms.